The van der Waals surface area contributed by atoms with Crippen LogP contribution < -0.4 is 5.73 Å². The summed E-state index contributed by atoms with van der Waals surface area (Å²) in [6.07, 6.45) is 0. The van der Waals surface area contributed by atoms with E-state index in [9.17, 15) is 4.79 Å². The Kier molecular flexibility index (Phi) is 2.94. The van der Waals surface area contributed by atoms with Gasteiger partial charge in [-0.2, -0.15) is 0 Å². The Morgan fingerprint density at radius 3 is 2.15 bits per heavy atom. The van der Waals surface area contributed by atoms with Gasteiger partial charge in [0, 0.05) is 11.4 Å². The summed E-state index contributed by atoms with van der Waals surface area (Å²) in [5, 5.41) is 0. The highest BCUT2D eigenvalue weighted by Crippen LogP contribution is 2.18. The van der Waals surface area contributed by atoms with Crippen LogP contribution >= 0.6 is 11.6 Å². The van der Waals surface area contributed by atoms with E-state index in [2.05, 4.69) is 0 Å². The molecule has 0 radical (unpaired) electrons. The number of rotatable bonds is 2. The number of benzene rings is 1. The fraction of sp³-hybridized carbons (Fsp3) is 0.300. The Morgan fingerprint density at radius 1 is 1.38 bits per heavy atom. The number of amides is 1. The Bertz CT molecular complexity index is 324. The van der Waals surface area contributed by atoms with Crippen LogP contribution in [0.25, 0.3) is 0 Å². The number of carbonyl (C=O) groups is 1. The van der Waals surface area contributed by atoms with Crippen molar-refractivity contribution in [3.05, 3.63) is 34.4 Å². The first-order chi connectivity index (χ1) is 6.06. The van der Waals surface area contributed by atoms with Crippen molar-refractivity contribution in [2.75, 3.05) is 0 Å². The number of carbonyl (C=O) groups excluding carboxylic acids is 1. The molecule has 1 aromatic carbocycles. The molecule has 0 saturated carbocycles. The molecule has 0 heterocycles. The third-order valence-electron chi connectivity index (χ3n) is 2.11. The Hall–Kier alpha value is -1.02. The monoisotopic (exact) mass is 197 g/mol. The molecule has 1 rings (SSSR count). The highest BCUT2D eigenvalue weighted by atomic mass is 35.5. The Labute approximate surface area is 82.7 Å². The largest absolute Gasteiger partial charge is 0.366 e. The standard InChI is InChI=1S/C10H12ClNO/c1-6-3-8(10(12)13)4-7(2)9(6)5-11/h3-4H,5H2,1-2H3,(H2,12,13). The van der Waals surface area contributed by atoms with Crippen molar-refractivity contribution in [2.45, 2.75) is 19.7 Å². The van der Waals surface area contributed by atoms with Gasteiger partial charge in [-0.05, 0) is 42.7 Å². The molecule has 0 saturated heterocycles. The number of aryl methyl sites for hydroxylation is 2. The van der Waals surface area contributed by atoms with Gasteiger partial charge in [-0.15, -0.1) is 11.6 Å². The molecule has 0 aliphatic rings. The van der Waals surface area contributed by atoms with E-state index in [-0.39, 0.29) is 0 Å². The second-order valence-corrected chi connectivity index (χ2v) is 3.35. The predicted molar refractivity (Wildman–Crippen MR) is 54.0 cm³/mol. The molecular weight excluding hydrogens is 186 g/mol. The quantitative estimate of drug-likeness (QED) is 0.726. The number of hydrogen-bond acceptors (Lipinski definition) is 1. The summed E-state index contributed by atoms with van der Waals surface area (Å²) in [5.41, 5.74) is 8.83. The van der Waals surface area contributed by atoms with Gasteiger partial charge in [0.25, 0.3) is 0 Å². The number of halogens is 1. The number of hydrogen-bond donors (Lipinski definition) is 1. The molecule has 0 aliphatic carbocycles. The van der Waals surface area contributed by atoms with Gasteiger partial charge in [-0.25, -0.2) is 0 Å². The van der Waals surface area contributed by atoms with Crippen LogP contribution in [0.4, 0.5) is 0 Å². The molecule has 0 atom stereocenters. The Morgan fingerprint density at radius 2 is 1.85 bits per heavy atom. The average molecular weight is 198 g/mol. The summed E-state index contributed by atoms with van der Waals surface area (Å²) < 4.78 is 0. The van der Waals surface area contributed by atoms with E-state index in [0.717, 1.165) is 16.7 Å². The predicted octanol–water partition coefficient (Wildman–Crippen LogP) is 2.14. The molecule has 3 heteroatoms. The zero-order valence-electron chi connectivity index (χ0n) is 7.73. The molecule has 1 aromatic rings. The van der Waals surface area contributed by atoms with Crippen molar-refractivity contribution in [1.82, 2.24) is 0 Å². The van der Waals surface area contributed by atoms with E-state index >= 15 is 0 Å². The van der Waals surface area contributed by atoms with Gasteiger partial charge in [0.2, 0.25) is 5.91 Å². The fourth-order valence-corrected chi connectivity index (χ4v) is 1.77. The van der Waals surface area contributed by atoms with E-state index < -0.39 is 5.91 Å². The summed E-state index contributed by atoms with van der Waals surface area (Å²) in [6, 6.07) is 3.54. The average Bonchev–Trinajstić information content (AvgIpc) is 2.03. The number of nitrogens with two attached hydrogens (primary N) is 1. The summed E-state index contributed by atoms with van der Waals surface area (Å²) in [5.74, 6) is 0.0730. The fourth-order valence-electron chi connectivity index (χ4n) is 1.35. The molecule has 70 valence electrons. The number of primary amides is 1. The molecule has 13 heavy (non-hydrogen) atoms. The van der Waals surface area contributed by atoms with Gasteiger partial charge in [-0.3, -0.25) is 4.79 Å². The van der Waals surface area contributed by atoms with Gasteiger partial charge in [0.1, 0.15) is 0 Å². The van der Waals surface area contributed by atoms with Crippen molar-refractivity contribution in [1.29, 1.82) is 0 Å². The van der Waals surface area contributed by atoms with Gasteiger partial charge in [0.15, 0.2) is 0 Å². The smallest absolute Gasteiger partial charge is 0.248 e. The van der Waals surface area contributed by atoms with Crippen molar-refractivity contribution in [3.63, 3.8) is 0 Å². The van der Waals surface area contributed by atoms with Crippen LogP contribution in [-0.4, -0.2) is 5.91 Å². The molecule has 0 spiro atoms. The molecule has 2 nitrogen and oxygen atoms in total. The van der Waals surface area contributed by atoms with Crippen LogP contribution in [0.3, 0.4) is 0 Å². The molecule has 0 aliphatic heterocycles. The minimum absolute atomic E-state index is 0.396. The van der Waals surface area contributed by atoms with Gasteiger partial charge in [-0.1, -0.05) is 0 Å². The summed E-state index contributed by atoms with van der Waals surface area (Å²) >= 11 is 5.75. The number of alkyl halides is 1. The first kappa shape index (κ1) is 10.1. The molecule has 1 amide bonds. The maximum absolute atomic E-state index is 10.9. The molecule has 0 bridgehead atoms. The molecule has 0 fully saturated rings. The highest BCUT2D eigenvalue weighted by molar-refractivity contribution is 6.17. The normalized spacial score (nSPS) is 10.1. The molecule has 2 N–H and O–H groups in total. The second-order valence-electron chi connectivity index (χ2n) is 3.09. The lowest BCUT2D eigenvalue weighted by Gasteiger charge is -2.07. The van der Waals surface area contributed by atoms with E-state index in [1.807, 2.05) is 13.8 Å². The van der Waals surface area contributed by atoms with Crippen molar-refractivity contribution in [2.24, 2.45) is 5.73 Å². The lowest BCUT2D eigenvalue weighted by atomic mass is 10.0. The van der Waals surface area contributed by atoms with Crippen LogP contribution in [0, 0.1) is 13.8 Å². The topological polar surface area (TPSA) is 43.1 Å². The maximum atomic E-state index is 10.9. The van der Waals surface area contributed by atoms with Crippen LogP contribution in [-0.2, 0) is 5.88 Å². The first-order valence-electron chi connectivity index (χ1n) is 4.02. The summed E-state index contributed by atoms with van der Waals surface area (Å²) in [7, 11) is 0. The maximum Gasteiger partial charge on any atom is 0.248 e. The van der Waals surface area contributed by atoms with Gasteiger partial charge >= 0.3 is 0 Å². The highest BCUT2D eigenvalue weighted by Gasteiger charge is 2.06. The zero-order chi connectivity index (χ0) is 10.0. The third kappa shape index (κ3) is 2.01. The molecule has 0 aromatic heterocycles. The summed E-state index contributed by atoms with van der Waals surface area (Å²) in [4.78, 5) is 10.9. The molecule has 0 unspecified atom stereocenters. The minimum atomic E-state index is -0.396. The van der Waals surface area contributed by atoms with Gasteiger partial charge in [0.05, 0.1) is 0 Å². The lowest BCUT2D eigenvalue weighted by molar-refractivity contribution is 0.1000. The minimum Gasteiger partial charge on any atom is -0.366 e. The second kappa shape index (κ2) is 3.79. The van der Waals surface area contributed by atoms with E-state index in [0.29, 0.717) is 11.4 Å². The lowest BCUT2D eigenvalue weighted by Crippen LogP contribution is -2.12. The third-order valence-corrected chi connectivity index (χ3v) is 2.38. The SMILES string of the molecule is Cc1cc(C(N)=O)cc(C)c1CCl. The van der Waals surface area contributed by atoms with Crippen molar-refractivity contribution >= 4 is 17.5 Å². The van der Waals surface area contributed by atoms with Crippen molar-refractivity contribution < 1.29 is 4.79 Å². The van der Waals surface area contributed by atoms with E-state index in [1.165, 1.54) is 0 Å². The van der Waals surface area contributed by atoms with E-state index in [4.69, 9.17) is 17.3 Å². The zero-order valence-corrected chi connectivity index (χ0v) is 8.48. The first-order valence-corrected chi connectivity index (χ1v) is 4.55. The van der Waals surface area contributed by atoms with Crippen LogP contribution in [0.1, 0.15) is 27.0 Å². The van der Waals surface area contributed by atoms with Crippen molar-refractivity contribution in [3.8, 4) is 0 Å². The molecular formula is C10H12ClNO. The van der Waals surface area contributed by atoms with E-state index in [1.54, 1.807) is 12.1 Å². The summed E-state index contributed by atoms with van der Waals surface area (Å²) in [6.45, 7) is 3.86. The van der Waals surface area contributed by atoms with Gasteiger partial charge < -0.3 is 5.73 Å². The Balaban J connectivity index is 3.28. The van der Waals surface area contributed by atoms with Crippen LogP contribution in [0.5, 0.6) is 0 Å². The van der Waals surface area contributed by atoms with Crippen LogP contribution in [0.2, 0.25) is 0 Å². The van der Waals surface area contributed by atoms with Crippen LogP contribution in [0.15, 0.2) is 12.1 Å².